The highest BCUT2D eigenvalue weighted by Crippen LogP contribution is 2.33. The average molecular weight is 382 g/mol. The second-order valence-corrected chi connectivity index (χ2v) is 7.48. The van der Waals surface area contributed by atoms with E-state index in [9.17, 15) is 9.59 Å². The largest absolute Gasteiger partial charge is 0.478 e. The molecule has 0 saturated heterocycles. The Bertz CT molecular complexity index is 889. The zero-order chi connectivity index (χ0) is 18.4. The van der Waals surface area contributed by atoms with Crippen LogP contribution in [0.25, 0.3) is 0 Å². The molecule has 3 aromatic carbocycles. The van der Waals surface area contributed by atoms with Crippen LogP contribution in [0.4, 0.5) is 0 Å². The molecule has 3 aromatic rings. The van der Waals surface area contributed by atoms with E-state index in [1.165, 1.54) is 0 Å². The molecule has 0 heterocycles. The predicted molar refractivity (Wildman–Crippen MR) is 101 cm³/mol. The first-order valence-electron chi connectivity index (χ1n) is 7.63. The van der Waals surface area contributed by atoms with Gasteiger partial charge in [0.25, 0.3) is 6.47 Å². The smallest absolute Gasteiger partial charge is 0.335 e. The fraction of sp³-hybridized carbons (Fsp3) is 0. The van der Waals surface area contributed by atoms with Gasteiger partial charge in [0.1, 0.15) is 5.75 Å². The summed E-state index contributed by atoms with van der Waals surface area (Å²) in [6, 6.07) is 22.3. The molecule has 0 amide bonds. The third kappa shape index (κ3) is 4.91. The van der Waals surface area contributed by atoms with Crippen molar-refractivity contribution in [3.05, 3.63) is 78.4 Å². The quantitative estimate of drug-likeness (QED) is 0.565. The molecule has 0 bridgehead atoms. The van der Waals surface area contributed by atoms with Crippen molar-refractivity contribution in [1.29, 1.82) is 0 Å². The highest BCUT2D eigenvalue weighted by atomic mass is 32.2. The molecular weight excluding hydrogens is 368 g/mol. The number of carbonyl (C=O) groups excluding carboxylic acids is 1. The van der Waals surface area contributed by atoms with E-state index >= 15 is 0 Å². The highest BCUT2D eigenvalue weighted by Gasteiger charge is 2.04. The van der Waals surface area contributed by atoms with Crippen LogP contribution in [0.5, 0.6) is 5.75 Å². The van der Waals surface area contributed by atoms with Crippen LogP contribution in [0.1, 0.15) is 10.4 Å². The third-order valence-electron chi connectivity index (χ3n) is 3.40. The summed E-state index contributed by atoms with van der Waals surface area (Å²) in [4.78, 5) is 25.4. The van der Waals surface area contributed by atoms with Crippen molar-refractivity contribution in [1.82, 2.24) is 0 Å². The van der Waals surface area contributed by atoms with Crippen LogP contribution in [0.3, 0.4) is 0 Å². The lowest BCUT2D eigenvalue weighted by Crippen LogP contribution is -1.94. The molecule has 1 N–H and O–H groups in total. The van der Waals surface area contributed by atoms with Gasteiger partial charge in [-0.25, -0.2) is 4.79 Å². The van der Waals surface area contributed by atoms with E-state index in [2.05, 4.69) is 0 Å². The summed E-state index contributed by atoms with van der Waals surface area (Å²) in [7, 11) is 0. The Labute approximate surface area is 159 Å². The Balaban J connectivity index is 1.62. The molecule has 0 aliphatic carbocycles. The Hall–Kier alpha value is -2.70. The molecule has 0 saturated carbocycles. The minimum Gasteiger partial charge on any atom is -0.478 e. The lowest BCUT2D eigenvalue weighted by Gasteiger charge is -2.05. The van der Waals surface area contributed by atoms with Crippen molar-refractivity contribution in [3.63, 3.8) is 0 Å². The summed E-state index contributed by atoms with van der Waals surface area (Å²) >= 11 is 3.19. The number of hydrogen-bond acceptors (Lipinski definition) is 5. The van der Waals surface area contributed by atoms with Gasteiger partial charge in [-0.1, -0.05) is 23.5 Å². The molecule has 0 atom stereocenters. The van der Waals surface area contributed by atoms with Crippen LogP contribution in [0.2, 0.25) is 0 Å². The molecule has 0 aromatic heterocycles. The van der Waals surface area contributed by atoms with Crippen molar-refractivity contribution >= 4 is 36.0 Å². The zero-order valence-electron chi connectivity index (χ0n) is 13.5. The monoisotopic (exact) mass is 382 g/mol. The molecule has 4 nitrogen and oxygen atoms in total. The number of carbonyl (C=O) groups is 2. The maximum absolute atomic E-state index is 10.9. The second kappa shape index (κ2) is 8.60. The summed E-state index contributed by atoms with van der Waals surface area (Å²) in [6.07, 6.45) is 0. The Morgan fingerprint density at radius 2 is 1.12 bits per heavy atom. The SMILES string of the molecule is O=COc1ccc(Sc2ccc(Sc3ccc(C(=O)O)cc3)cc2)cc1. The molecular formula is C20H14O4S2. The van der Waals surface area contributed by atoms with Gasteiger partial charge in [-0.3, -0.25) is 4.79 Å². The fourth-order valence-electron chi connectivity index (χ4n) is 2.16. The summed E-state index contributed by atoms with van der Waals surface area (Å²) < 4.78 is 4.78. The van der Waals surface area contributed by atoms with Gasteiger partial charge >= 0.3 is 5.97 Å². The van der Waals surface area contributed by atoms with Crippen LogP contribution >= 0.6 is 23.5 Å². The van der Waals surface area contributed by atoms with Crippen molar-refractivity contribution in [2.24, 2.45) is 0 Å². The van der Waals surface area contributed by atoms with Crippen LogP contribution < -0.4 is 4.74 Å². The van der Waals surface area contributed by atoms with E-state index in [0.29, 0.717) is 12.2 Å². The molecule has 0 aliphatic rings. The summed E-state index contributed by atoms with van der Waals surface area (Å²) in [5.74, 6) is -0.404. The number of aromatic carboxylic acids is 1. The molecule has 0 spiro atoms. The van der Waals surface area contributed by atoms with Gasteiger partial charge in [0.15, 0.2) is 0 Å². The topological polar surface area (TPSA) is 63.6 Å². The molecule has 0 fully saturated rings. The maximum Gasteiger partial charge on any atom is 0.335 e. The highest BCUT2D eigenvalue weighted by molar-refractivity contribution is 7.99. The minimum atomic E-state index is -0.923. The third-order valence-corrected chi connectivity index (χ3v) is 5.44. The summed E-state index contributed by atoms with van der Waals surface area (Å²) in [5.41, 5.74) is 0.283. The van der Waals surface area contributed by atoms with Gasteiger partial charge in [0, 0.05) is 19.6 Å². The zero-order valence-corrected chi connectivity index (χ0v) is 15.1. The average Bonchev–Trinajstić information content (AvgIpc) is 2.66. The standard InChI is InChI=1S/C20H14O4S2/c21-13-24-15-3-7-17(8-4-15)26-19-11-9-18(10-12-19)25-16-5-1-14(2-6-16)20(22)23/h1-13H,(H,22,23). The maximum atomic E-state index is 10.9. The number of benzene rings is 3. The van der Waals surface area contributed by atoms with Gasteiger partial charge in [0.05, 0.1) is 5.56 Å². The van der Waals surface area contributed by atoms with Gasteiger partial charge in [-0.15, -0.1) is 0 Å². The Kier molecular flexibility index (Phi) is 5.99. The molecule has 130 valence electrons. The van der Waals surface area contributed by atoms with Crippen molar-refractivity contribution in [3.8, 4) is 5.75 Å². The van der Waals surface area contributed by atoms with Crippen molar-refractivity contribution in [2.45, 2.75) is 19.6 Å². The van der Waals surface area contributed by atoms with Gasteiger partial charge < -0.3 is 9.84 Å². The van der Waals surface area contributed by atoms with Crippen LogP contribution in [0, 0.1) is 0 Å². The first kappa shape index (κ1) is 18.1. The molecule has 0 radical (unpaired) electrons. The first-order chi connectivity index (χ1) is 12.6. The number of carboxylic acid groups (broad SMARTS) is 1. The lowest BCUT2D eigenvalue weighted by molar-refractivity contribution is -0.120. The first-order valence-corrected chi connectivity index (χ1v) is 9.27. The number of rotatable bonds is 7. The van der Waals surface area contributed by atoms with Gasteiger partial charge in [-0.05, 0) is 72.8 Å². The van der Waals surface area contributed by atoms with Gasteiger partial charge in [-0.2, -0.15) is 0 Å². The summed E-state index contributed by atoms with van der Waals surface area (Å²) in [5, 5.41) is 8.93. The Morgan fingerprint density at radius 1 is 0.731 bits per heavy atom. The summed E-state index contributed by atoms with van der Waals surface area (Å²) in [6.45, 7) is 0.410. The number of carboxylic acids is 1. The van der Waals surface area contributed by atoms with Crippen LogP contribution in [-0.2, 0) is 4.79 Å². The molecule has 3 rings (SSSR count). The van der Waals surface area contributed by atoms with E-state index < -0.39 is 5.97 Å². The van der Waals surface area contributed by atoms with E-state index in [0.717, 1.165) is 19.6 Å². The lowest BCUT2D eigenvalue weighted by atomic mass is 10.2. The fourth-order valence-corrected chi connectivity index (χ4v) is 3.79. The van der Waals surface area contributed by atoms with E-state index in [1.807, 2.05) is 36.4 Å². The molecule has 0 unspecified atom stereocenters. The molecule has 26 heavy (non-hydrogen) atoms. The van der Waals surface area contributed by atoms with E-state index in [-0.39, 0.29) is 5.56 Å². The Morgan fingerprint density at radius 3 is 1.50 bits per heavy atom. The van der Waals surface area contributed by atoms with Crippen LogP contribution in [-0.4, -0.2) is 17.5 Å². The number of ether oxygens (including phenoxy) is 1. The normalized spacial score (nSPS) is 10.3. The van der Waals surface area contributed by atoms with E-state index in [1.54, 1.807) is 59.9 Å². The number of hydrogen-bond donors (Lipinski definition) is 1. The molecule has 6 heteroatoms. The predicted octanol–water partition coefficient (Wildman–Crippen LogP) is 5.22. The van der Waals surface area contributed by atoms with Crippen LogP contribution in [0.15, 0.2) is 92.4 Å². The minimum absolute atomic E-state index is 0.283. The van der Waals surface area contributed by atoms with E-state index in [4.69, 9.17) is 9.84 Å². The second-order valence-electron chi connectivity index (χ2n) is 5.19. The van der Waals surface area contributed by atoms with Crippen molar-refractivity contribution < 1.29 is 19.4 Å². The van der Waals surface area contributed by atoms with Gasteiger partial charge in [0.2, 0.25) is 0 Å². The molecule has 0 aliphatic heterocycles. The van der Waals surface area contributed by atoms with Crippen molar-refractivity contribution in [2.75, 3.05) is 0 Å².